The lowest BCUT2D eigenvalue weighted by atomic mass is 10.1. The van der Waals surface area contributed by atoms with E-state index in [0.29, 0.717) is 0 Å². The molecule has 0 aromatic heterocycles. The second-order valence-corrected chi connectivity index (χ2v) is 2.78. The fourth-order valence-electron chi connectivity index (χ4n) is 0.924. The molecule has 0 aliphatic rings. The third kappa shape index (κ3) is 2.18. The molecule has 1 aromatic rings. The molecule has 0 spiro atoms. The average Bonchev–Trinajstić information content (AvgIpc) is 2.28. The summed E-state index contributed by atoms with van der Waals surface area (Å²) in [5.74, 6) is -9.95. The van der Waals surface area contributed by atoms with Gasteiger partial charge in [-0.2, -0.15) is 8.78 Å². The fourth-order valence-corrected chi connectivity index (χ4v) is 0.924. The molecule has 0 saturated carbocycles. The molecule has 0 N–H and O–H groups in total. The predicted octanol–water partition coefficient (Wildman–Crippen LogP) is 2.07. The minimum atomic E-state index is -4.63. The summed E-state index contributed by atoms with van der Waals surface area (Å²) in [4.78, 5) is 23.6. The Morgan fingerprint density at radius 1 is 1.12 bits per heavy atom. The number of hydrogen-bond acceptors (Lipinski definition) is 3. The molecule has 0 aliphatic heterocycles. The lowest BCUT2D eigenvalue weighted by Gasteiger charge is -2.09. The molecule has 16 heavy (non-hydrogen) atoms. The molecule has 0 saturated heterocycles. The van der Waals surface area contributed by atoms with E-state index in [4.69, 9.17) is 0 Å². The molecule has 1 aromatic carbocycles. The van der Waals surface area contributed by atoms with Crippen LogP contribution in [0.15, 0.2) is 24.3 Å². The summed E-state index contributed by atoms with van der Waals surface area (Å²) in [5, 5.41) is 0. The maximum Gasteiger partial charge on any atom is 0.426 e. The molecule has 0 heterocycles. The molecule has 3 nitrogen and oxygen atoms in total. The van der Waals surface area contributed by atoms with Gasteiger partial charge in [-0.25, -0.2) is 14.1 Å². The smallest absolute Gasteiger partial charge is 0.287 e. The van der Waals surface area contributed by atoms with Gasteiger partial charge in [0.15, 0.2) is 0 Å². The van der Waals surface area contributed by atoms with Gasteiger partial charge in [-0.1, -0.05) is 0 Å². The molecule has 7 heteroatoms. The summed E-state index contributed by atoms with van der Waals surface area (Å²) in [5.41, 5.74) is -0.628. The number of carbonyl (C=O) groups is 2. The first kappa shape index (κ1) is 12.2. The van der Waals surface area contributed by atoms with Crippen LogP contribution in [0, 0.1) is 5.82 Å². The van der Waals surface area contributed by atoms with E-state index in [9.17, 15) is 27.3 Å². The highest BCUT2D eigenvalue weighted by Gasteiger charge is 2.50. The van der Waals surface area contributed by atoms with Crippen LogP contribution in [0.4, 0.5) is 17.7 Å². The van der Waals surface area contributed by atoms with Gasteiger partial charge < -0.3 is 0 Å². The van der Waals surface area contributed by atoms with Gasteiger partial charge >= 0.3 is 11.9 Å². The first-order chi connectivity index (χ1) is 7.39. The lowest BCUT2D eigenvalue weighted by Crippen LogP contribution is -2.38. The van der Waals surface area contributed by atoms with Crippen LogP contribution in [0.2, 0.25) is 0 Å². The summed E-state index contributed by atoms with van der Waals surface area (Å²) in [6.07, 6.45) is 0. The fraction of sp³-hybridized carbons (Fsp3) is 0.111. The van der Waals surface area contributed by atoms with Crippen molar-refractivity contribution in [3.63, 3.8) is 0 Å². The number of benzene rings is 1. The molecule has 0 bridgehead atoms. The Kier molecular flexibility index (Phi) is 3.26. The highest BCUT2D eigenvalue weighted by Crippen LogP contribution is 2.22. The van der Waals surface area contributed by atoms with Gasteiger partial charge in [0.05, 0.1) is 0 Å². The number of carbonyl (C=O) groups excluding carboxylic acids is 2. The van der Waals surface area contributed by atoms with E-state index in [-0.39, 0.29) is 0 Å². The highest BCUT2D eigenvalue weighted by molar-refractivity contribution is 6.13. The summed E-state index contributed by atoms with van der Waals surface area (Å²) in [6, 6.07) is 3.00. The van der Waals surface area contributed by atoms with E-state index in [1.807, 2.05) is 0 Å². The summed E-state index contributed by atoms with van der Waals surface area (Å²) >= 11 is 0. The van der Waals surface area contributed by atoms with Gasteiger partial charge in [-0.3, -0.25) is 4.79 Å². The standard InChI is InChI=1S/C9H4F4O3/c10-6-3-1-5(2-4-6)7(14)9(11,12)8(15)16-13/h1-4H. The summed E-state index contributed by atoms with van der Waals surface area (Å²) in [7, 11) is 0. The van der Waals surface area contributed by atoms with Crippen molar-refractivity contribution in [2.75, 3.05) is 0 Å². The first-order valence-electron chi connectivity index (χ1n) is 3.90. The zero-order valence-corrected chi connectivity index (χ0v) is 7.55. The Labute approximate surface area is 86.5 Å². The quantitative estimate of drug-likeness (QED) is 0.458. The van der Waals surface area contributed by atoms with Crippen LogP contribution in [0.5, 0.6) is 0 Å². The van der Waals surface area contributed by atoms with Crippen molar-refractivity contribution >= 4 is 11.8 Å². The van der Waals surface area contributed by atoms with Crippen LogP contribution < -0.4 is 0 Å². The normalized spacial score (nSPS) is 11.0. The SMILES string of the molecule is O=C(OF)C(F)(F)C(=O)c1ccc(F)cc1. The van der Waals surface area contributed by atoms with Crippen molar-refractivity contribution < 1.29 is 32.2 Å². The Bertz CT molecular complexity index is 413. The van der Waals surface area contributed by atoms with E-state index >= 15 is 0 Å². The lowest BCUT2D eigenvalue weighted by molar-refractivity contribution is -0.204. The molecular formula is C9H4F4O3. The molecule has 0 atom stereocenters. The minimum absolute atomic E-state index is 0.628. The van der Waals surface area contributed by atoms with Crippen LogP contribution in [0.1, 0.15) is 10.4 Å². The van der Waals surface area contributed by atoms with Crippen molar-refractivity contribution in [1.29, 1.82) is 0 Å². The Morgan fingerprint density at radius 3 is 2.06 bits per heavy atom. The van der Waals surface area contributed by atoms with Gasteiger partial charge in [0, 0.05) is 10.1 Å². The zero-order chi connectivity index (χ0) is 12.3. The molecule has 1 rings (SSSR count). The largest absolute Gasteiger partial charge is 0.426 e. The van der Waals surface area contributed by atoms with Gasteiger partial charge in [-0.15, -0.1) is 0 Å². The maximum absolute atomic E-state index is 12.8. The number of Topliss-reactive ketones (excluding diaryl/α,β-unsaturated/α-hetero) is 1. The van der Waals surface area contributed by atoms with Crippen LogP contribution in [-0.2, 0) is 9.74 Å². The highest BCUT2D eigenvalue weighted by atomic mass is 19.3. The second kappa shape index (κ2) is 4.30. The molecule has 0 amide bonds. The number of alkyl halides is 2. The summed E-state index contributed by atoms with van der Waals surface area (Å²) in [6.45, 7) is 0. The number of hydrogen-bond donors (Lipinski definition) is 0. The van der Waals surface area contributed by atoms with Crippen molar-refractivity contribution in [2.24, 2.45) is 0 Å². The van der Waals surface area contributed by atoms with Crippen molar-refractivity contribution in [3.05, 3.63) is 35.6 Å². The molecule has 0 radical (unpaired) electrons. The zero-order valence-electron chi connectivity index (χ0n) is 7.55. The van der Waals surface area contributed by atoms with Crippen LogP contribution >= 0.6 is 0 Å². The molecule has 0 unspecified atom stereocenters. The monoisotopic (exact) mass is 236 g/mol. The van der Waals surface area contributed by atoms with Crippen molar-refractivity contribution in [1.82, 2.24) is 0 Å². The Hall–Kier alpha value is -1.92. The molecular weight excluding hydrogens is 232 g/mol. The summed E-state index contributed by atoms with van der Waals surface area (Å²) < 4.78 is 49.4. The molecule has 0 fully saturated rings. The maximum atomic E-state index is 12.8. The van der Waals surface area contributed by atoms with Gasteiger partial charge in [0.25, 0.3) is 0 Å². The first-order valence-corrected chi connectivity index (χ1v) is 3.90. The molecule has 86 valence electrons. The predicted molar refractivity (Wildman–Crippen MR) is 42.9 cm³/mol. The van der Waals surface area contributed by atoms with Crippen LogP contribution in [0.25, 0.3) is 0 Å². The third-order valence-corrected chi connectivity index (χ3v) is 1.72. The number of halogens is 4. The minimum Gasteiger partial charge on any atom is -0.287 e. The van der Waals surface area contributed by atoms with E-state index in [1.54, 1.807) is 0 Å². The van der Waals surface area contributed by atoms with Crippen LogP contribution in [0.3, 0.4) is 0 Å². The second-order valence-electron chi connectivity index (χ2n) is 2.78. The number of rotatable bonds is 3. The van der Waals surface area contributed by atoms with Gasteiger partial charge in [0.2, 0.25) is 5.78 Å². The van der Waals surface area contributed by atoms with Crippen molar-refractivity contribution in [3.8, 4) is 0 Å². The topological polar surface area (TPSA) is 43.4 Å². The van der Waals surface area contributed by atoms with Crippen LogP contribution in [-0.4, -0.2) is 17.7 Å². The van der Waals surface area contributed by atoms with E-state index < -0.39 is 29.1 Å². The van der Waals surface area contributed by atoms with E-state index in [1.165, 1.54) is 0 Å². The van der Waals surface area contributed by atoms with Gasteiger partial charge in [-0.05, 0) is 24.3 Å². The van der Waals surface area contributed by atoms with Crippen molar-refractivity contribution in [2.45, 2.75) is 5.92 Å². The Morgan fingerprint density at radius 2 is 1.62 bits per heavy atom. The average molecular weight is 236 g/mol. The number of ketones is 1. The molecule has 0 aliphatic carbocycles. The van der Waals surface area contributed by atoms with Gasteiger partial charge in [0.1, 0.15) is 5.82 Å². The third-order valence-electron chi connectivity index (χ3n) is 1.72. The van der Waals surface area contributed by atoms with E-state index in [0.717, 1.165) is 24.3 Å². The Balaban J connectivity index is 3.02. The van der Waals surface area contributed by atoms with E-state index in [2.05, 4.69) is 4.94 Å².